The van der Waals surface area contributed by atoms with Crippen molar-refractivity contribution in [3.05, 3.63) is 16.5 Å². The molecule has 0 radical (unpaired) electrons. The maximum Gasteiger partial charge on any atom is 0.250 e. The van der Waals surface area contributed by atoms with E-state index in [-0.39, 0.29) is 0 Å². The molecule has 0 atom stereocenters. The van der Waals surface area contributed by atoms with Crippen molar-refractivity contribution in [3.8, 4) is 0 Å². The summed E-state index contributed by atoms with van der Waals surface area (Å²) in [6, 6.07) is 1.76. The first kappa shape index (κ1) is 17.6. The van der Waals surface area contributed by atoms with E-state index in [0.717, 1.165) is 30.0 Å². The third-order valence-electron chi connectivity index (χ3n) is 2.83. The monoisotopic (exact) mass is 319 g/mol. The van der Waals surface area contributed by atoms with Gasteiger partial charge in [-0.25, -0.2) is 13.1 Å². The summed E-state index contributed by atoms with van der Waals surface area (Å²) >= 11 is 1.35. The summed E-state index contributed by atoms with van der Waals surface area (Å²) in [4.78, 5) is 3.04. The Morgan fingerprint density at radius 3 is 2.60 bits per heavy atom. The van der Waals surface area contributed by atoms with E-state index in [0.29, 0.717) is 17.3 Å². The van der Waals surface area contributed by atoms with Gasteiger partial charge in [-0.2, -0.15) is 0 Å². The van der Waals surface area contributed by atoms with Gasteiger partial charge in [-0.15, -0.1) is 11.3 Å². The van der Waals surface area contributed by atoms with Gasteiger partial charge in [-0.1, -0.05) is 6.92 Å². The van der Waals surface area contributed by atoms with Gasteiger partial charge < -0.3 is 10.2 Å². The molecule has 0 amide bonds. The van der Waals surface area contributed by atoms with E-state index in [1.54, 1.807) is 6.07 Å². The molecule has 1 rings (SSSR count). The fourth-order valence-electron chi connectivity index (χ4n) is 1.65. The summed E-state index contributed by atoms with van der Waals surface area (Å²) in [7, 11) is 0.461. The molecule has 5 nitrogen and oxygen atoms in total. The molecule has 1 aromatic heterocycles. The molecule has 1 heterocycles. The summed E-state index contributed by atoms with van der Waals surface area (Å²) in [5, 5.41) is 3.30. The van der Waals surface area contributed by atoms with E-state index < -0.39 is 10.0 Å². The first-order valence-corrected chi connectivity index (χ1v) is 9.11. The first-order valence-electron chi connectivity index (χ1n) is 6.81. The minimum absolute atomic E-state index is 0.405. The Kier molecular flexibility index (Phi) is 7.11. The zero-order valence-electron chi connectivity index (χ0n) is 12.7. The van der Waals surface area contributed by atoms with E-state index in [2.05, 4.69) is 17.0 Å². The molecule has 0 aliphatic rings. The second-order valence-electron chi connectivity index (χ2n) is 5.05. The third kappa shape index (κ3) is 5.49. The minimum Gasteiger partial charge on any atom is -0.312 e. The Hall–Kier alpha value is -0.470. The predicted octanol–water partition coefficient (Wildman–Crippen LogP) is 1.40. The van der Waals surface area contributed by atoms with Crippen LogP contribution in [0.2, 0.25) is 0 Å². The van der Waals surface area contributed by atoms with Crippen LogP contribution in [-0.2, 0) is 16.6 Å². The third-order valence-corrected chi connectivity index (χ3v) is 6.00. The number of sulfonamides is 1. The van der Waals surface area contributed by atoms with Gasteiger partial charge in [-0.3, -0.25) is 0 Å². The Bertz CT molecular complexity index is 510. The Labute approximate surface area is 126 Å². The standard InChI is InChI=1S/C13H25N3O2S2/c1-5-6-14-10-12-11(2)9-13(19-12)20(17,18)15-7-8-16(3)4/h9,14-15H,5-8,10H2,1-4H3. The van der Waals surface area contributed by atoms with Crippen molar-refractivity contribution in [2.75, 3.05) is 33.7 Å². The number of hydrogen-bond donors (Lipinski definition) is 2. The zero-order chi connectivity index (χ0) is 15.2. The zero-order valence-corrected chi connectivity index (χ0v) is 14.3. The molecule has 0 bridgehead atoms. The van der Waals surface area contributed by atoms with Gasteiger partial charge in [0.05, 0.1) is 0 Å². The summed E-state index contributed by atoms with van der Waals surface area (Å²) < 4.78 is 27.4. The van der Waals surface area contributed by atoms with E-state index >= 15 is 0 Å². The van der Waals surface area contributed by atoms with Crippen LogP contribution in [0.5, 0.6) is 0 Å². The number of rotatable bonds is 9. The topological polar surface area (TPSA) is 61.4 Å². The smallest absolute Gasteiger partial charge is 0.250 e. The van der Waals surface area contributed by atoms with Crippen LogP contribution < -0.4 is 10.0 Å². The number of nitrogens with one attached hydrogen (secondary N) is 2. The first-order chi connectivity index (χ1) is 9.36. The Morgan fingerprint density at radius 1 is 1.30 bits per heavy atom. The normalized spacial score (nSPS) is 12.2. The van der Waals surface area contributed by atoms with Gasteiger partial charge in [0.15, 0.2) is 0 Å². The van der Waals surface area contributed by atoms with Crippen LogP contribution in [0, 0.1) is 6.92 Å². The molecule has 0 saturated carbocycles. The van der Waals surface area contributed by atoms with Gasteiger partial charge >= 0.3 is 0 Å². The largest absolute Gasteiger partial charge is 0.312 e. The van der Waals surface area contributed by atoms with Crippen LogP contribution in [0.15, 0.2) is 10.3 Å². The molecular weight excluding hydrogens is 294 g/mol. The van der Waals surface area contributed by atoms with Crippen LogP contribution in [0.3, 0.4) is 0 Å². The summed E-state index contributed by atoms with van der Waals surface area (Å²) in [6.45, 7) is 6.86. The highest BCUT2D eigenvalue weighted by molar-refractivity contribution is 7.91. The van der Waals surface area contributed by atoms with Gasteiger partial charge in [0, 0.05) is 24.5 Å². The van der Waals surface area contributed by atoms with Crippen molar-refractivity contribution in [1.29, 1.82) is 0 Å². The van der Waals surface area contributed by atoms with Crippen LogP contribution in [0.25, 0.3) is 0 Å². The summed E-state index contributed by atoms with van der Waals surface area (Å²) in [5.74, 6) is 0. The molecule has 2 N–H and O–H groups in total. The van der Waals surface area contributed by atoms with Crippen LogP contribution in [0.1, 0.15) is 23.8 Å². The average molecular weight is 319 g/mol. The Balaban J connectivity index is 2.68. The fourth-order valence-corrected chi connectivity index (χ4v) is 4.27. The number of likely N-dealkylation sites (N-methyl/N-ethyl adjacent to an activating group) is 1. The fraction of sp³-hybridized carbons (Fsp3) is 0.692. The number of hydrogen-bond acceptors (Lipinski definition) is 5. The molecule has 20 heavy (non-hydrogen) atoms. The molecule has 0 saturated heterocycles. The quantitative estimate of drug-likeness (QED) is 0.675. The highest BCUT2D eigenvalue weighted by Crippen LogP contribution is 2.25. The Morgan fingerprint density at radius 2 is 2.00 bits per heavy atom. The molecule has 0 aliphatic heterocycles. The molecule has 7 heteroatoms. The highest BCUT2D eigenvalue weighted by atomic mass is 32.2. The lowest BCUT2D eigenvalue weighted by Gasteiger charge is -2.09. The molecule has 116 valence electrons. The molecular formula is C13H25N3O2S2. The van der Waals surface area contributed by atoms with Crippen molar-refractivity contribution >= 4 is 21.4 Å². The highest BCUT2D eigenvalue weighted by Gasteiger charge is 2.18. The maximum atomic E-state index is 12.2. The van der Waals surface area contributed by atoms with Crippen LogP contribution in [-0.4, -0.2) is 47.0 Å². The average Bonchev–Trinajstić information content (AvgIpc) is 2.71. The lowest BCUT2D eigenvalue weighted by Crippen LogP contribution is -2.30. The minimum atomic E-state index is -3.37. The molecule has 0 aliphatic carbocycles. The van der Waals surface area contributed by atoms with Crippen molar-refractivity contribution < 1.29 is 8.42 Å². The molecule has 0 fully saturated rings. The number of nitrogens with zero attached hydrogens (tertiary/aromatic N) is 1. The molecule has 0 aromatic carbocycles. The van der Waals surface area contributed by atoms with E-state index in [4.69, 9.17) is 0 Å². The van der Waals surface area contributed by atoms with Gasteiger partial charge in [-0.05, 0) is 45.6 Å². The van der Waals surface area contributed by atoms with Crippen LogP contribution >= 0.6 is 11.3 Å². The van der Waals surface area contributed by atoms with Crippen molar-refractivity contribution in [2.24, 2.45) is 0 Å². The molecule has 0 spiro atoms. The number of aryl methyl sites for hydroxylation is 1. The van der Waals surface area contributed by atoms with E-state index in [1.807, 2.05) is 25.9 Å². The van der Waals surface area contributed by atoms with Gasteiger partial charge in [0.25, 0.3) is 0 Å². The summed E-state index contributed by atoms with van der Waals surface area (Å²) in [5.41, 5.74) is 1.03. The predicted molar refractivity (Wildman–Crippen MR) is 84.8 cm³/mol. The lowest BCUT2D eigenvalue weighted by atomic mass is 10.3. The number of thiophene rings is 1. The van der Waals surface area contributed by atoms with Crippen LogP contribution in [0.4, 0.5) is 0 Å². The lowest BCUT2D eigenvalue weighted by molar-refractivity contribution is 0.412. The second kappa shape index (κ2) is 8.09. The summed E-state index contributed by atoms with van der Waals surface area (Å²) in [6.07, 6.45) is 1.07. The maximum absolute atomic E-state index is 12.2. The van der Waals surface area contributed by atoms with Crippen molar-refractivity contribution in [2.45, 2.75) is 31.0 Å². The van der Waals surface area contributed by atoms with Gasteiger partial charge in [0.2, 0.25) is 10.0 Å². The van der Waals surface area contributed by atoms with E-state index in [9.17, 15) is 8.42 Å². The molecule has 0 unspecified atom stereocenters. The van der Waals surface area contributed by atoms with Crippen molar-refractivity contribution in [1.82, 2.24) is 14.9 Å². The SMILES string of the molecule is CCCNCc1sc(S(=O)(=O)NCCN(C)C)cc1C. The van der Waals surface area contributed by atoms with Gasteiger partial charge in [0.1, 0.15) is 4.21 Å². The second-order valence-corrected chi connectivity index (χ2v) is 8.18. The van der Waals surface area contributed by atoms with Crippen molar-refractivity contribution in [3.63, 3.8) is 0 Å². The molecule has 1 aromatic rings. The van der Waals surface area contributed by atoms with E-state index in [1.165, 1.54) is 11.3 Å².